The van der Waals surface area contributed by atoms with Gasteiger partial charge in [-0.3, -0.25) is 0 Å². The second-order valence-corrected chi connectivity index (χ2v) is 13.3. The number of aliphatic hydroxyl groups is 1. The van der Waals surface area contributed by atoms with Crippen LogP contribution in [-0.2, 0) is 10.9 Å². The molecule has 4 rings (SSSR count). The number of aromatic nitrogens is 1. The van der Waals surface area contributed by atoms with E-state index in [1.165, 1.54) is 36.9 Å². The van der Waals surface area contributed by atoms with E-state index in [-0.39, 0.29) is 31.5 Å². The van der Waals surface area contributed by atoms with Crippen molar-refractivity contribution in [1.82, 2.24) is 9.88 Å². The summed E-state index contributed by atoms with van der Waals surface area (Å²) in [5.41, 5.74) is -3.23. The molecule has 0 radical (unpaired) electrons. The van der Waals surface area contributed by atoms with Crippen LogP contribution in [0.2, 0.25) is 0 Å². The molecule has 0 bridgehead atoms. The largest absolute Gasteiger partial charge is 0.439 e. The molecule has 1 atom stereocenters. The van der Waals surface area contributed by atoms with E-state index in [0.717, 1.165) is 23.2 Å². The number of alkyl halides is 6. The lowest BCUT2D eigenvalue weighted by molar-refractivity contribution is -0.138. The second kappa shape index (κ2) is 11.2. The van der Waals surface area contributed by atoms with Crippen molar-refractivity contribution in [3.8, 4) is 0 Å². The Kier molecular flexibility index (Phi) is 8.60. The Morgan fingerprint density at radius 2 is 1.64 bits per heavy atom. The van der Waals surface area contributed by atoms with Crippen LogP contribution < -0.4 is 0 Å². The van der Waals surface area contributed by atoms with Crippen molar-refractivity contribution >= 4 is 63.6 Å². The number of likely N-dealkylation sites (tertiary alicyclic amines) is 1. The molecule has 2 aromatic carbocycles. The quantitative estimate of drug-likeness (QED) is 0.230. The normalized spacial score (nSPS) is 17.2. The Hall–Kier alpha value is -1.91. The van der Waals surface area contributed by atoms with Gasteiger partial charge in [0, 0.05) is 18.5 Å². The minimum Gasteiger partial charge on any atom is -0.439 e. The number of benzene rings is 2. The van der Waals surface area contributed by atoms with Crippen LogP contribution in [0.25, 0.3) is 10.9 Å². The number of hydrogen-bond donors (Lipinski definition) is 1. The number of amides is 1. The van der Waals surface area contributed by atoms with E-state index in [0.29, 0.717) is 10.5 Å². The first kappa shape index (κ1) is 30.1. The van der Waals surface area contributed by atoms with Gasteiger partial charge in [-0.15, -0.1) is 0 Å². The molecule has 1 amide bonds. The molecular formula is C27H26Cl3F3N2O3S. The van der Waals surface area contributed by atoms with E-state index >= 15 is 0 Å². The van der Waals surface area contributed by atoms with Gasteiger partial charge in [0.15, 0.2) is 5.60 Å². The third kappa shape index (κ3) is 6.70. The molecule has 1 N–H and O–H groups in total. The summed E-state index contributed by atoms with van der Waals surface area (Å²) in [6.45, 7) is 2.97. The van der Waals surface area contributed by atoms with Crippen LogP contribution >= 0.6 is 46.6 Å². The van der Waals surface area contributed by atoms with E-state index in [2.05, 4.69) is 4.98 Å². The highest BCUT2D eigenvalue weighted by Crippen LogP contribution is 2.50. The lowest BCUT2D eigenvalue weighted by atomic mass is 9.83. The van der Waals surface area contributed by atoms with Gasteiger partial charge in [-0.2, -0.15) is 13.2 Å². The monoisotopic (exact) mass is 620 g/mol. The molecule has 1 saturated heterocycles. The molecule has 1 fully saturated rings. The Bertz CT molecular complexity index is 1340. The number of pyridine rings is 1. The SMILES string of the molecule is CC(C)(OC(=O)N1CCC(O)(C(Sc2ccc3ccccc3n2)c2ccccc2C(F)(F)F)CC1)C(Cl)(Cl)Cl. The molecule has 0 saturated carbocycles. The van der Waals surface area contributed by atoms with E-state index in [9.17, 15) is 23.1 Å². The fraction of sp³-hybridized carbons (Fsp3) is 0.407. The van der Waals surface area contributed by atoms with Gasteiger partial charge in [-0.05, 0) is 50.5 Å². The Labute approximate surface area is 243 Å². The zero-order chi connectivity index (χ0) is 28.6. The average Bonchev–Trinajstić information content (AvgIpc) is 2.86. The third-order valence-electron chi connectivity index (χ3n) is 6.76. The van der Waals surface area contributed by atoms with Crippen molar-refractivity contribution in [2.24, 2.45) is 0 Å². The summed E-state index contributed by atoms with van der Waals surface area (Å²) in [7, 11) is 0. The van der Waals surface area contributed by atoms with E-state index < -0.39 is 38.1 Å². The predicted octanol–water partition coefficient (Wildman–Crippen LogP) is 8.20. The topological polar surface area (TPSA) is 62.7 Å². The highest BCUT2D eigenvalue weighted by Gasteiger charge is 2.48. The minimum atomic E-state index is -4.63. The minimum absolute atomic E-state index is 0.00621. The fourth-order valence-electron chi connectivity index (χ4n) is 4.36. The molecule has 2 heterocycles. The summed E-state index contributed by atoms with van der Waals surface area (Å²) in [5.74, 6) is 0. The van der Waals surface area contributed by atoms with Gasteiger partial charge in [0.1, 0.15) is 0 Å². The first-order valence-corrected chi connectivity index (χ1v) is 14.1. The van der Waals surface area contributed by atoms with Crippen LogP contribution in [0.4, 0.5) is 18.0 Å². The number of para-hydroxylation sites is 1. The van der Waals surface area contributed by atoms with Crippen molar-refractivity contribution in [3.63, 3.8) is 0 Å². The summed E-state index contributed by atoms with van der Waals surface area (Å²) in [4.78, 5) is 18.8. The first-order valence-electron chi connectivity index (χ1n) is 12.1. The molecule has 1 unspecified atom stereocenters. The summed E-state index contributed by atoms with van der Waals surface area (Å²) in [6, 6.07) is 16.2. The second-order valence-electron chi connectivity index (χ2n) is 9.89. The molecule has 39 heavy (non-hydrogen) atoms. The maximum Gasteiger partial charge on any atom is 0.416 e. The highest BCUT2D eigenvalue weighted by atomic mass is 35.6. The molecular weight excluding hydrogens is 596 g/mol. The number of halogens is 6. The fourth-order valence-corrected chi connectivity index (χ4v) is 5.80. The summed E-state index contributed by atoms with van der Waals surface area (Å²) < 4.78 is 45.7. The molecule has 1 aliphatic heterocycles. The van der Waals surface area contributed by atoms with Crippen LogP contribution in [0.1, 0.15) is 43.1 Å². The number of carbonyl (C=O) groups is 1. The van der Waals surface area contributed by atoms with Crippen molar-refractivity contribution in [1.29, 1.82) is 0 Å². The van der Waals surface area contributed by atoms with Gasteiger partial charge >= 0.3 is 12.3 Å². The summed E-state index contributed by atoms with van der Waals surface area (Å²) in [6.07, 6.45) is -5.39. The number of ether oxygens (including phenoxy) is 1. The molecule has 12 heteroatoms. The number of hydrogen-bond acceptors (Lipinski definition) is 5. The molecule has 1 aromatic heterocycles. The predicted molar refractivity (Wildman–Crippen MR) is 148 cm³/mol. The zero-order valence-corrected chi connectivity index (χ0v) is 24.1. The third-order valence-corrected chi connectivity index (χ3v) is 9.52. The Balaban J connectivity index is 1.64. The van der Waals surface area contributed by atoms with E-state index in [4.69, 9.17) is 39.5 Å². The number of rotatable bonds is 5. The van der Waals surface area contributed by atoms with Crippen LogP contribution in [0.15, 0.2) is 65.7 Å². The van der Waals surface area contributed by atoms with Gasteiger partial charge in [-0.1, -0.05) is 89.0 Å². The standard InChI is InChI=1S/C27H26Cl3F3N2O3S/c1-24(2,27(28,29)30)38-23(36)35-15-13-25(37,14-16-35)22(18-8-4-5-9-19(18)26(31,32)33)39-21-12-11-17-7-3-6-10-20(17)34-21/h3-12,22,37H,13-16H2,1-2H3. The summed E-state index contributed by atoms with van der Waals surface area (Å²) in [5, 5.41) is 12.2. The maximum atomic E-state index is 14.1. The maximum absolute atomic E-state index is 14.1. The number of thioether (sulfide) groups is 1. The van der Waals surface area contributed by atoms with E-state index in [1.807, 2.05) is 30.3 Å². The van der Waals surface area contributed by atoms with E-state index in [1.54, 1.807) is 6.07 Å². The van der Waals surface area contributed by atoms with Gasteiger partial charge in [0.05, 0.1) is 27.0 Å². The number of piperidine rings is 1. The molecule has 5 nitrogen and oxygen atoms in total. The average molecular weight is 622 g/mol. The number of carbonyl (C=O) groups excluding carboxylic acids is 1. The van der Waals surface area contributed by atoms with Crippen molar-refractivity contribution in [2.75, 3.05) is 13.1 Å². The van der Waals surface area contributed by atoms with Crippen molar-refractivity contribution < 1.29 is 27.8 Å². The zero-order valence-electron chi connectivity index (χ0n) is 21.0. The van der Waals surface area contributed by atoms with Gasteiger partial charge in [-0.25, -0.2) is 9.78 Å². The van der Waals surface area contributed by atoms with Crippen LogP contribution in [0.5, 0.6) is 0 Å². The van der Waals surface area contributed by atoms with Crippen molar-refractivity contribution in [3.05, 3.63) is 71.8 Å². The molecule has 3 aromatic rings. The van der Waals surface area contributed by atoms with Crippen LogP contribution in [0.3, 0.4) is 0 Å². The smallest absolute Gasteiger partial charge is 0.416 e. The number of nitrogens with zero attached hydrogens (tertiary/aromatic N) is 2. The van der Waals surface area contributed by atoms with Crippen LogP contribution in [-0.4, -0.2) is 49.2 Å². The first-order chi connectivity index (χ1) is 18.1. The molecule has 0 spiro atoms. The van der Waals surface area contributed by atoms with Crippen LogP contribution in [0, 0.1) is 0 Å². The lowest BCUT2D eigenvalue weighted by Crippen LogP contribution is -2.52. The lowest BCUT2D eigenvalue weighted by Gasteiger charge is -2.43. The Morgan fingerprint density at radius 1 is 1.03 bits per heavy atom. The van der Waals surface area contributed by atoms with Gasteiger partial charge in [0.2, 0.25) is 3.79 Å². The number of fused-ring (bicyclic) bond motifs is 1. The summed E-state index contributed by atoms with van der Waals surface area (Å²) >= 11 is 18.8. The molecule has 1 aliphatic rings. The highest BCUT2D eigenvalue weighted by molar-refractivity contribution is 7.99. The Morgan fingerprint density at radius 3 is 2.28 bits per heavy atom. The molecule has 210 valence electrons. The van der Waals surface area contributed by atoms with Gasteiger partial charge in [0.25, 0.3) is 0 Å². The van der Waals surface area contributed by atoms with Crippen molar-refractivity contribution in [2.45, 2.75) is 58.1 Å². The molecule has 0 aliphatic carbocycles. The van der Waals surface area contributed by atoms with Gasteiger partial charge < -0.3 is 14.7 Å².